The van der Waals surface area contributed by atoms with Gasteiger partial charge in [-0.2, -0.15) is 0 Å². The van der Waals surface area contributed by atoms with E-state index in [1.165, 1.54) is 0 Å². The molecule has 1 fully saturated rings. The molecule has 0 spiro atoms. The predicted molar refractivity (Wildman–Crippen MR) is 74.6 cm³/mol. The highest BCUT2D eigenvalue weighted by Gasteiger charge is 2.55. The second-order valence-corrected chi connectivity index (χ2v) is 6.55. The van der Waals surface area contributed by atoms with Gasteiger partial charge in [0.1, 0.15) is 0 Å². The van der Waals surface area contributed by atoms with Gasteiger partial charge in [-0.25, -0.2) is 0 Å². The molecule has 1 heterocycles. The van der Waals surface area contributed by atoms with Crippen molar-refractivity contribution in [3.63, 3.8) is 0 Å². The number of nitrogens with two attached hydrogens (primary N) is 1. The average Bonchev–Trinajstić information content (AvgIpc) is 2.43. The van der Waals surface area contributed by atoms with Gasteiger partial charge in [0.25, 0.3) is 0 Å². The molecule has 0 bridgehead atoms. The largest absolute Gasteiger partial charge is 0.396 e. The molecule has 0 amide bonds. The van der Waals surface area contributed by atoms with E-state index < -0.39 is 0 Å². The van der Waals surface area contributed by atoms with Crippen LogP contribution in [0.25, 0.3) is 0 Å². The Bertz CT molecular complexity index is 267. The maximum atomic E-state index is 8.77. The van der Waals surface area contributed by atoms with Crippen LogP contribution in [0.1, 0.15) is 53.4 Å². The molecule has 1 aliphatic rings. The van der Waals surface area contributed by atoms with Gasteiger partial charge in [0.2, 0.25) is 0 Å². The molecule has 4 nitrogen and oxygen atoms in total. The van der Waals surface area contributed by atoms with Gasteiger partial charge >= 0.3 is 0 Å². The molecule has 1 atom stereocenters. The van der Waals surface area contributed by atoms with Gasteiger partial charge in [0.15, 0.2) is 0 Å². The molecule has 0 aromatic rings. The molecule has 0 saturated carbocycles. The van der Waals surface area contributed by atoms with E-state index in [2.05, 4.69) is 33.0 Å². The maximum absolute atomic E-state index is 8.77. The van der Waals surface area contributed by atoms with Crippen LogP contribution in [0, 0.1) is 0 Å². The fourth-order valence-electron chi connectivity index (χ4n) is 3.17. The van der Waals surface area contributed by atoms with Gasteiger partial charge in [-0.05, 0) is 59.9 Å². The smallest absolute Gasteiger partial charge is 0.0827 e. The molecule has 1 rings (SSSR count). The fourth-order valence-corrected chi connectivity index (χ4v) is 3.17. The molecule has 4 N–H and O–H groups in total. The van der Waals surface area contributed by atoms with E-state index in [9.17, 15) is 0 Å². The summed E-state index contributed by atoms with van der Waals surface area (Å²) in [6.07, 6.45) is 3.93. The zero-order chi connectivity index (χ0) is 13.9. The Morgan fingerprint density at radius 1 is 1.17 bits per heavy atom. The Labute approximate surface area is 111 Å². The third-order valence-corrected chi connectivity index (χ3v) is 4.06. The van der Waals surface area contributed by atoms with Crippen molar-refractivity contribution in [1.29, 1.82) is 0 Å². The van der Waals surface area contributed by atoms with Crippen LogP contribution in [0.5, 0.6) is 0 Å². The lowest BCUT2D eigenvalue weighted by molar-refractivity contribution is -0.0820. The van der Waals surface area contributed by atoms with Crippen LogP contribution in [0.15, 0.2) is 0 Å². The topological polar surface area (TPSA) is 67.5 Å². The third-order valence-electron chi connectivity index (χ3n) is 4.06. The zero-order valence-electron chi connectivity index (χ0n) is 12.4. The minimum Gasteiger partial charge on any atom is -0.396 e. The Morgan fingerprint density at radius 2 is 1.83 bits per heavy atom. The Hall–Kier alpha value is -0.160. The second-order valence-electron chi connectivity index (χ2n) is 6.55. The summed E-state index contributed by atoms with van der Waals surface area (Å²) in [7, 11) is 0. The minimum absolute atomic E-state index is 0.124. The van der Waals surface area contributed by atoms with E-state index in [1.807, 2.05) is 0 Å². The van der Waals surface area contributed by atoms with Crippen molar-refractivity contribution in [2.45, 2.75) is 70.1 Å². The van der Waals surface area contributed by atoms with E-state index in [1.54, 1.807) is 0 Å². The van der Waals surface area contributed by atoms with E-state index >= 15 is 0 Å². The SMILES string of the molecule is CC1(C)CC(CN)(NCCCCCO)C(C)(C)O1. The van der Waals surface area contributed by atoms with Gasteiger partial charge in [0.05, 0.1) is 16.7 Å². The van der Waals surface area contributed by atoms with Crippen molar-refractivity contribution in [3.05, 3.63) is 0 Å². The molecule has 1 unspecified atom stereocenters. The van der Waals surface area contributed by atoms with Crippen molar-refractivity contribution in [1.82, 2.24) is 5.32 Å². The van der Waals surface area contributed by atoms with Crippen molar-refractivity contribution < 1.29 is 9.84 Å². The van der Waals surface area contributed by atoms with Crippen LogP contribution in [0.4, 0.5) is 0 Å². The van der Waals surface area contributed by atoms with Gasteiger partial charge < -0.3 is 20.9 Å². The molecule has 0 aromatic carbocycles. The Morgan fingerprint density at radius 3 is 2.28 bits per heavy atom. The summed E-state index contributed by atoms with van der Waals surface area (Å²) in [5.74, 6) is 0. The first-order valence-electron chi connectivity index (χ1n) is 7.05. The summed E-state index contributed by atoms with van der Waals surface area (Å²) in [5, 5.41) is 12.4. The first-order chi connectivity index (χ1) is 8.29. The standard InChI is InChI=1S/C14H30N2O2/c1-12(2)10-14(11-15,13(3,4)18-12)16-8-6-5-7-9-17/h16-17H,5-11,15H2,1-4H3. The minimum atomic E-state index is -0.248. The van der Waals surface area contributed by atoms with Crippen LogP contribution in [-0.4, -0.2) is 41.5 Å². The predicted octanol–water partition coefficient (Wildman–Crippen LogP) is 1.41. The number of hydrogen-bond acceptors (Lipinski definition) is 4. The van der Waals surface area contributed by atoms with Crippen LogP contribution in [-0.2, 0) is 4.74 Å². The van der Waals surface area contributed by atoms with Crippen molar-refractivity contribution >= 4 is 0 Å². The molecular formula is C14H30N2O2. The average molecular weight is 258 g/mol. The Kier molecular flexibility index (Phi) is 5.18. The van der Waals surface area contributed by atoms with Gasteiger partial charge in [-0.3, -0.25) is 0 Å². The molecule has 108 valence electrons. The van der Waals surface area contributed by atoms with Crippen LogP contribution < -0.4 is 11.1 Å². The summed E-state index contributed by atoms with van der Waals surface area (Å²) in [6.45, 7) is 10.3. The summed E-state index contributed by atoms with van der Waals surface area (Å²) in [4.78, 5) is 0. The van der Waals surface area contributed by atoms with Crippen LogP contribution >= 0.6 is 0 Å². The summed E-state index contributed by atoms with van der Waals surface area (Å²) in [5.41, 5.74) is 5.51. The molecule has 0 aliphatic carbocycles. The number of aliphatic hydroxyl groups is 1. The monoisotopic (exact) mass is 258 g/mol. The lowest BCUT2D eigenvalue weighted by Crippen LogP contribution is -2.62. The van der Waals surface area contributed by atoms with E-state index in [0.29, 0.717) is 6.54 Å². The first-order valence-corrected chi connectivity index (χ1v) is 7.05. The Balaban J connectivity index is 2.57. The molecular weight excluding hydrogens is 228 g/mol. The number of hydrogen-bond donors (Lipinski definition) is 3. The molecule has 1 aliphatic heterocycles. The molecule has 18 heavy (non-hydrogen) atoms. The van der Waals surface area contributed by atoms with Crippen molar-refractivity contribution in [2.24, 2.45) is 5.73 Å². The number of unbranched alkanes of at least 4 members (excludes halogenated alkanes) is 2. The zero-order valence-corrected chi connectivity index (χ0v) is 12.4. The van der Waals surface area contributed by atoms with Crippen molar-refractivity contribution in [3.8, 4) is 0 Å². The maximum Gasteiger partial charge on any atom is 0.0827 e. The lowest BCUT2D eigenvalue weighted by atomic mass is 9.79. The molecule has 0 aromatic heterocycles. The second kappa shape index (κ2) is 5.87. The molecule has 4 heteroatoms. The quantitative estimate of drug-likeness (QED) is 0.604. The molecule has 0 radical (unpaired) electrons. The number of aliphatic hydroxyl groups excluding tert-OH is 1. The number of ether oxygens (including phenoxy) is 1. The normalized spacial score (nSPS) is 29.7. The highest BCUT2D eigenvalue weighted by atomic mass is 16.5. The summed E-state index contributed by atoms with van der Waals surface area (Å²) in [6, 6.07) is 0. The number of nitrogens with one attached hydrogen (secondary N) is 1. The number of rotatable bonds is 7. The first kappa shape index (κ1) is 15.9. The summed E-state index contributed by atoms with van der Waals surface area (Å²) >= 11 is 0. The van der Waals surface area contributed by atoms with Gasteiger partial charge in [-0.15, -0.1) is 0 Å². The van der Waals surface area contributed by atoms with E-state index in [0.717, 1.165) is 32.2 Å². The highest BCUT2D eigenvalue weighted by molar-refractivity contribution is 5.12. The van der Waals surface area contributed by atoms with Gasteiger partial charge in [-0.1, -0.05) is 0 Å². The van der Waals surface area contributed by atoms with Crippen molar-refractivity contribution in [2.75, 3.05) is 19.7 Å². The summed E-state index contributed by atoms with van der Waals surface area (Å²) < 4.78 is 6.14. The molecule has 1 saturated heterocycles. The van der Waals surface area contributed by atoms with Crippen LogP contribution in [0.3, 0.4) is 0 Å². The lowest BCUT2D eigenvalue weighted by Gasteiger charge is -2.40. The fraction of sp³-hybridized carbons (Fsp3) is 1.00. The van der Waals surface area contributed by atoms with E-state index in [-0.39, 0.29) is 23.3 Å². The van der Waals surface area contributed by atoms with E-state index in [4.69, 9.17) is 15.6 Å². The van der Waals surface area contributed by atoms with Crippen LogP contribution in [0.2, 0.25) is 0 Å². The third kappa shape index (κ3) is 3.44. The van der Waals surface area contributed by atoms with Gasteiger partial charge in [0, 0.05) is 13.2 Å². The highest BCUT2D eigenvalue weighted by Crippen LogP contribution is 2.44.